The molecule has 18 heavy (non-hydrogen) atoms. The van der Waals surface area contributed by atoms with Crippen LogP contribution in [0.2, 0.25) is 0 Å². The lowest BCUT2D eigenvalue weighted by molar-refractivity contribution is -0.146. The van der Waals surface area contributed by atoms with Crippen molar-refractivity contribution >= 4 is 5.97 Å². The average molecular weight is 250 g/mol. The van der Waals surface area contributed by atoms with Gasteiger partial charge in [0, 0.05) is 5.56 Å². The predicted octanol–water partition coefficient (Wildman–Crippen LogP) is 3.27. The molecule has 1 aromatic rings. The Morgan fingerprint density at radius 1 is 1.22 bits per heavy atom. The van der Waals surface area contributed by atoms with Gasteiger partial charge in [0.15, 0.2) is 0 Å². The standard InChI is InChI=1S/C15H22O3/c1-10(2)11-7-8-12(13(9-11)17-5)15(3,4)14(16)18-6/h7-10H,1-6H3. The van der Waals surface area contributed by atoms with Gasteiger partial charge in [-0.05, 0) is 31.4 Å². The SMILES string of the molecule is COC(=O)C(C)(C)c1ccc(C(C)C)cc1OC. The van der Waals surface area contributed by atoms with Gasteiger partial charge in [-0.2, -0.15) is 0 Å². The Morgan fingerprint density at radius 3 is 2.28 bits per heavy atom. The van der Waals surface area contributed by atoms with E-state index in [1.807, 2.05) is 32.0 Å². The minimum absolute atomic E-state index is 0.266. The molecule has 0 atom stereocenters. The zero-order valence-corrected chi connectivity index (χ0v) is 12.0. The molecule has 0 aliphatic rings. The fourth-order valence-electron chi connectivity index (χ4n) is 1.95. The third-order valence-corrected chi connectivity index (χ3v) is 3.26. The first-order valence-electron chi connectivity index (χ1n) is 6.11. The van der Waals surface area contributed by atoms with Crippen LogP contribution in [-0.4, -0.2) is 20.2 Å². The molecule has 0 aliphatic carbocycles. The summed E-state index contributed by atoms with van der Waals surface area (Å²) in [6, 6.07) is 5.98. The largest absolute Gasteiger partial charge is 0.496 e. The summed E-state index contributed by atoms with van der Waals surface area (Å²) in [5.74, 6) is 0.892. The van der Waals surface area contributed by atoms with Gasteiger partial charge in [0.05, 0.1) is 19.6 Å². The van der Waals surface area contributed by atoms with E-state index in [2.05, 4.69) is 13.8 Å². The summed E-state index contributed by atoms with van der Waals surface area (Å²) in [4.78, 5) is 11.8. The lowest BCUT2D eigenvalue weighted by atomic mass is 9.83. The first-order chi connectivity index (χ1) is 8.34. The summed E-state index contributed by atoms with van der Waals surface area (Å²) in [7, 11) is 3.02. The van der Waals surface area contributed by atoms with Crippen molar-refractivity contribution in [2.45, 2.75) is 39.0 Å². The summed E-state index contributed by atoms with van der Waals surface area (Å²) >= 11 is 0. The quantitative estimate of drug-likeness (QED) is 0.769. The zero-order valence-electron chi connectivity index (χ0n) is 12.0. The van der Waals surface area contributed by atoms with Crippen LogP contribution in [0.5, 0.6) is 5.75 Å². The first kappa shape index (κ1) is 14.6. The summed E-state index contributed by atoms with van der Waals surface area (Å²) in [6.07, 6.45) is 0. The van der Waals surface area contributed by atoms with Crippen LogP contribution in [0.15, 0.2) is 18.2 Å². The molecule has 0 aromatic heterocycles. The van der Waals surface area contributed by atoms with Crippen molar-refractivity contribution in [2.75, 3.05) is 14.2 Å². The third-order valence-electron chi connectivity index (χ3n) is 3.26. The maximum absolute atomic E-state index is 11.8. The maximum Gasteiger partial charge on any atom is 0.315 e. The summed E-state index contributed by atoms with van der Waals surface area (Å²) < 4.78 is 10.3. The molecule has 3 heteroatoms. The van der Waals surface area contributed by atoms with Crippen molar-refractivity contribution in [3.05, 3.63) is 29.3 Å². The van der Waals surface area contributed by atoms with E-state index in [1.165, 1.54) is 12.7 Å². The normalized spacial score (nSPS) is 11.5. The Balaban J connectivity index is 3.29. The van der Waals surface area contributed by atoms with Crippen molar-refractivity contribution in [1.82, 2.24) is 0 Å². The fourth-order valence-corrected chi connectivity index (χ4v) is 1.95. The van der Waals surface area contributed by atoms with E-state index in [4.69, 9.17) is 9.47 Å². The number of rotatable bonds is 4. The molecule has 0 amide bonds. The summed E-state index contributed by atoms with van der Waals surface area (Å²) in [5.41, 5.74) is 1.33. The van der Waals surface area contributed by atoms with Gasteiger partial charge in [0.1, 0.15) is 5.75 Å². The third kappa shape index (κ3) is 2.66. The van der Waals surface area contributed by atoms with Crippen LogP contribution in [0.3, 0.4) is 0 Å². The Hall–Kier alpha value is -1.51. The van der Waals surface area contributed by atoms with Gasteiger partial charge in [-0.25, -0.2) is 0 Å². The molecular formula is C15H22O3. The Bertz CT molecular complexity index is 433. The van der Waals surface area contributed by atoms with Crippen molar-refractivity contribution in [3.8, 4) is 5.75 Å². The molecule has 0 unspecified atom stereocenters. The second kappa shape index (κ2) is 5.42. The second-order valence-electron chi connectivity index (χ2n) is 5.23. The van der Waals surface area contributed by atoms with Crippen LogP contribution < -0.4 is 4.74 Å². The number of carbonyl (C=O) groups excluding carboxylic acids is 1. The van der Waals surface area contributed by atoms with Gasteiger partial charge < -0.3 is 9.47 Å². The highest BCUT2D eigenvalue weighted by Crippen LogP contribution is 2.34. The summed E-state index contributed by atoms with van der Waals surface area (Å²) in [6.45, 7) is 7.93. The Kier molecular flexibility index (Phi) is 4.38. The molecule has 0 N–H and O–H groups in total. The minimum atomic E-state index is -0.713. The average Bonchev–Trinajstić information content (AvgIpc) is 2.36. The van der Waals surface area contributed by atoms with Crippen LogP contribution in [0.4, 0.5) is 0 Å². The van der Waals surface area contributed by atoms with Crippen molar-refractivity contribution in [1.29, 1.82) is 0 Å². The topological polar surface area (TPSA) is 35.5 Å². The summed E-state index contributed by atoms with van der Waals surface area (Å²) in [5, 5.41) is 0. The molecule has 1 rings (SSSR count). The molecule has 100 valence electrons. The van der Waals surface area contributed by atoms with E-state index >= 15 is 0 Å². The van der Waals surface area contributed by atoms with E-state index in [0.29, 0.717) is 5.92 Å². The number of ether oxygens (including phenoxy) is 2. The smallest absolute Gasteiger partial charge is 0.315 e. The van der Waals surface area contributed by atoms with Gasteiger partial charge in [-0.1, -0.05) is 26.0 Å². The molecular weight excluding hydrogens is 228 g/mol. The van der Waals surface area contributed by atoms with Gasteiger partial charge in [-0.15, -0.1) is 0 Å². The molecule has 3 nitrogen and oxygen atoms in total. The van der Waals surface area contributed by atoms with E-state index in [-0.39, 0.29) is 5.97 Å². The highest BCUT2D eigenvalue weighted by atomic mass is 16.5. The number of esters is 1. The lowest BCUT2D eigenvalue weighted by Crippen LogP contribution is -2.30. The van der Waals surface area contributed by atoms with Crippen molar-refractivity contribution < 1.29 is 14.3 Å². The molecule has 1 aromatic carbocycles. The van der Waals surface area contributed by atoms with E-state index < -0.39 is 5.41 Å². The zero-order chi connectivity index (χ0) is 13.9. The van der Waals surface area contributed by atoms with Crippen LogP contribution in [0.25, 0.3) is 0 Å². The highest BCUT2D eigenvalue weighted by molar-refractivity contribution is 5.83. The molecule has 0 fully saturated rings. The Labute approximate surface area is 109 Å². The predicted molar refractivity (Wildman–Crippen MR) is 72.1 cm³/mol. The van der Waals surface area contributed by atoms with Crippen LogP contribution in [-0.2, 0) is 14.9 Å². The van der Waals surface area contributed by atoms with Crippen LogP contribution in [0, 0.1) is 0 Å². The van der Waals surface area contributed by atoms with Crippen molar-refractivity contribution in [3.63, 3.8) is 0 Å². The second-order valence-corrected chi connectivity index (χ2v) is 5.23. The van der Waals surface area contributed by atoms with Crippen LogP contribution in [0.1, 0.15) is 44.7 Å². The van der Waals surface area contributed by atoms with Gasteiger partial charge in [0.2, 0.25) is 0 Å². The van der Waals surface area contributed by atoms with E-state index in [9.17, 15) is 4.79 Å². The highest BCUT2D eigenvalue weighted by Gasteiger charge is 2.33. The molecule has 0 spiro atoms. The molecule has 0 aliphatic heterocycles. The first-order valence-corrected chi connectivity index (χ1v) is 6.11. The van der Waals surface area contributed by atoms with E-state index in [1.54, 1.807) is 7.11 Å². The maximum atomic E-state index is 11.8. The monoisotopic (exact) mass is 250 g/mol. The number of hydrogen-bond acceptors (Lipinski definition) is 3. The van der Waals surface area contributed by atoms with Crippen LogP contribution >= 0.6 is 0 Å². The Morgan fingerprint density at radius 2 is 1.83 bits per heavy atom. The number of hydrogen-bond donors (Lipinski definition) is 0. The minimum Gasteiger partial charge on any atom is -0.496 e. The molecule has 0 saturated carbocycles. The van der Waals surface area contributed by atoms with Gasteiger partial charge >= 0.3 is 5.97 Å². The number of benzene rings is 1. The molecule has 0 radical (unpaired) electrons. The van der Waals surface area contributed by atoms with Gasteiger partial charge in [0.25, 0.3) is 0 Å². The van der Waals surface area contributed by atoms with Gasteiger partial charge in [-0.3, -0.25) is 4.79 Å². The molecule has 0 bridgehead atoms. The molecule has 0 heterocycles. The fraction of sp³-hybridized carbons (Fsp3) is 0.533. The number of carbonyl (C=O) groups is 1. The lowest BCUT2D eigenvalue weighted by Gasteiger charge is -2.25. The van der Waals surface area contributed by atoms with E-state index in [0.717, 1.165) is 11.3 Å². The number of methoxy groups -OCH3 is 2. The molecule has 0 saturated heterocycles. The van der Waals surface area contributed by atoms with Crippen molar-refractivity contribution in [2.24, 2.45) is 0 Å².